The first-order valence-corrected chi connectivity index (χ1v) is 10.5. The van der Waals surface area contributed by atoms with Crippen LogP contribution in [0.5, 0.6) is 0 Å². The molecule has 0 unspecified atom stereocenters. The number of benzene rings is 2. The molecule has 140 valence electrons. The molecule has 0 amide bonds. The molecule has 0 atom stereocenters. The number of nitrogens with one attached hydrogen (secondary N) is 1. The molecule has 0 aliphatic rings. The fraction of sp³-hybridized carbons (Fsp3) is 0.158. The fourth-order valence-corrected chi connectivity index (χ4v) is 4.39. The Hall–Kier alpha value is -2.45. The first kappa shape index (κ1) is 19.3. The molecular weight excluding hydrogens is 432 g/mol. The van der Waals surface area contributed by atoms with Gasteiger partial charge in [-0.1, -0.05) is 45.8 Å². The number of ether oxygens (including phenoxy) is 1. The second kappa shape index (κ2) is 7.66. The Balaban J connectivity index is 2.24. The molecule has 3 rings (SSSR count). The maximum atomic E-state index is 13.2. The number of rotatable bonds is 5. The van der Waals surface area contributed by atoms with Gasteiger partial charge in [0.2, 0.25) is 9.84 Å². The van der Waals surface area contributed by atoms with Crippen LogP contribution in [-0.4, -0.2) is 31.2 Å². The van der Waals surface area contributed by atoms with E-state index >= 15 is 0 Å². The average molecular weight is 449 g/mol. The molecule has 0 spiro atoms. The van der Waals surface area contributed by atoms with Crippen LogP contribution in [0.1, 0.15) is 23.0 Å². The third kappa shape index (κ3) is 3.81. The summed E-state index contributed by atoms with van der Waals surface area (Å²) < 4.78 is 32.2. The zero-order valence-corrected chi connectivity index (χ0v) is 17.1. The van der Waals surface area contributed by atoms with E-state index in [9.17, 15) is 13.2 Å². The molecule has 0 saturated heterocycles. The molecular formula is C19H17BrN2O4S. The van der Waals surface area contributed by atoms with Crippen LogP contribution in [0.15, 0.2) is 62.9 Å². The summed E-state index contributed by atoms with van der Waals surface area (Å²) in [6, 6.07) is 13.5. The van der Waals surface area contributed by atoms with E-state index in [0.717, 1.165) is 10.0 Å². The number of halogens is 1. The maximum Gasteiger partial charge on any atom is 0.359 e. The first-order valence-electron chi connectivity index (χ1n) is 8.17. The van der Waals surface area contributed by atoms with E-state index in [2.05, 4.69) is 26.1 Å². The quantitative estimate of drug-likeness (QED) is 0.591. The number of esters is 1. The largest absolute Gasteiger partial charge is 0.461 e. The molecule has 8 heteroatoms. The van der Waals surface area contributed by atoms with E-state index in [1.807, 2.05) is 13.0 Å². The summed E-state index contributed by atoms with van der Waals surface area (Å²) in [4.78, 5) is 12.4. The summed E-state index contributed by atoms with van der Waals surface area (Å²) in [5.41, 5.74) is 1.60. The van der Waals surface area contributed by atoms with Gasteiger partial charge in [0.25, 0.3) is 0 Å². The fourth-order valence-electron chi connectivity index (χ4n) is 2.61. The molecule has 0 aliphatic carbocycles. The lowest BCUT2D eigenvalue weighted by Gasteiger charge is -2.08. The lowest BCUT2D eigenvalue weighted by atomic mass is 10.1. The summed E-state index contributed by atoms with van der Waals surface area (Å²) in [5, 5.41) is 6.34. The van der Waals surface area contributed by atoms with E-state index in [1.54, 1.807) is 37.3 Å². The number of aromatic amines is 1. The maximum absolute atomic E-state index is 13.2. The van der Waals surface area contributed by atoms with Crippen LogP contribution in [0.4, 0.5) is 0 Å². The van der Waals surface area contributed by atoms with Gasteiger partial charge in [-0.3, -0.25) is 5.10 Å². The second-order valence-electron chi connectivity index (χ2n) is 5.82. The number of carbonyl (C=O) groups excluding carboxylic acids is 1. The molecule has 2 aromatic carbocycles. The van der Waals surface area contributed by atoms with Crippen LogP contribution in [0.25, 0.3) is 11.1 Å². The summed E-state index contributed by atoms with van der Waals surface area (Å²) in [5.74, 6) is -0.686. The van der Waals surface area contributed by atoms with Crippen molar-refractivity contribution in [2.75, 3.05) is 6.61 Å². The molecule has 0 bridgehead atoms. The Morgan fingerprint density at radius 3 is 2.52 bits per heavy atom. The van der Waals surface area contributed by atoms with Gasteiger partial charge in [-0.2, -0.15) is 5.10 Å². The molecule has 1 heterocycles. The van der Waals surface area contributed by atoms with Gasteiger partial charge in [0, 0.05) is 4.47 Å². The van der Waals surface area contributed by atoms with Crippen molar-refractivity contribution in [2.24, 2.45) is 0 Å². The third-order valence-electron chi connectivity index (χ3n) is 3.92. The number of sulfone groups is 1. The topological polar surface area (TPSA) is 89.1 Å². The molecule has 0 aliphatic heterocycles. The molecule has 1 N–H and O–H groups in total. The van der Waals surface area contributed by atoms with Crippen LogP contribution in [0, 0.1) is 6.92 Å². The average Bonchev–Trinajstić information content (AvgIpc) is 3.08. The van der Waals surface area contributed by atoms with Crippen molar-refractivity contribution in [2.45, 2.75) is 23.8 Å². The summed E-state index contributed by atoms with van der Waals surface area (Å²) in [6.45, 7) is 3.70. The zero-order valence-electron chi connectivity index (χ0n) is 14.7. The van der Waals surface area contributed by atoms with Gasteiger partial charge >= 0.3 is 5.97 Å². The van der Waals surface area contributed by atoms with Gasteiger partial charge < -0.3 is 4.74 Å². The summed E-state index contributed by atoms with van der Waals surface area (Å²) in [6.07, 6.45) is 0. The molecule has 27 heavy (non-hydrogen) atoms. The van der Waals surface area contributed by atoms with Crippen molar-refractivity contribution in [1.82, 2.24) is 10.2 Å². The number of hydrogen-bond donors (Lipinski definition) is 1. The minimum absolute atomic E-state index is 0.0689. The van der Waals surface area contributed by atoms with Gasteiger partial charge in [0.1, 0.15) is 0 Å². The van der Waals surface area contributed by atoms with Crippen molar-refractivity contribution in [3.63, 3.8) is 0 Å². The lowest BCUT2D eigenvalue weighted by Crippen LogP contribution is -2.08. The SMILES string of the molecule is CCOC(=O)c1n[nH]c(S(=O)(=O)c2ccc(C)cc2)c1-c1cccc(Br)c1. The van der Waals surface area contributed by atoms with Gasteiger partial charge in [-0.25, -0.2) is 13.2 Å². The number of hydrogen-bond acceptors (Lipinski definition) is 5. The first-order chi connectivity index (χ1) is 12.8. The van der Waals surface area contributed by atoms with Gasteiger partial charge in [0.15, 0.2) is 10.7 Å². The van der Waals surface area contributed by atoms with E-state index in [-0.39, 0.29) is 27.8 Å². The highest BCUT2D eigenvalue weighted by Crippen LogP contribution is 2.34. The number of aryl methyl sites for hydroxylation is 1. The highest BCUT2D eigenvalue weighted by Gasteiger charge is 2.30. The molecule has 0 fully saturated rings. The highest BCUT2D eigenvalue weighted by molar-refractivity contribution is 9.10. The van der Waals surface area contributed by atoms with E-state index in [4.69, 9.17) is 4.74 Å². The van der Waals surface area contributed by atoms with Crippen LogP contribution in [-0.2, 0) is 14.6 Å². The predicted octanol–water partition coefficient (Wildman–Crippen LogP) is 4.16. The van der Waals surface area contributed by atoms with E-state index in [0.29, 0.717) is 5.56 Å². The summed E-state index contributed by atoms with van der Waals surface area (Å²) in [7, 11) is -3.92. The molecule has 6 nitrogen and oxygen atoms in total. The Kier molecular flexibility index (Phi) is 5.48. The number of aromatic nitrogens is 2. The molecule has 0 radical (unpaired) electrons. The van der Waals surface area contributed by atoms with Crippen LogP contribution >= 0.6 is 15.9 Å². The van der Waals surface area contributed by atoms with Crippen molar-refractivity contribution >= 4 is 31.7 Å². The van der Waals surface area contributed by atoms with Crippen molar-refractivity contribution in [1.29, 1.82) is 0 Å². The van der Waals surface area contributed by atoms with Gasteiger partial charge in [-0.15, -0.1) is 0 Å². The third-order valence-corrected chi connectivity index (χ3v) is 6.13. The number of nitrogens with zero attached hydrogens (tertiary/aromatic N) is 1. The Bertz CT molecular complexity index is 1090. The normalized spacial score (nSPS) is 11.4. The smallest absolute Gasteiger partial charge is 0.359 e. The molecule has 0 saturated carbocycles. The van der Waals surface area contributed by atoms with Crippen LogP contribution in [0.2, 0.25) is 0 Å². The van der Waals surface area contributed by atoms with Gasteiger partial charge in [0.05, 0.1) is 17.1 Å². The number of carbonyl (C=O) groups is 1. The van der Waals surface area contributed by atoms with E-state index < -0.39 is 15.8 Å². The Labute approximate surface area is 165 Å². The van der Waals surface area contributed by atoms with Crippen molar-refractivity contribution in [3.05, 3.63) is 64.3 Å². The standard InChI is InChI=1S/C19H17BrN2O4S/c1-3-26-19(23)17-16(13-5-4-6-14(20)11-13)18(22-21-17)27(24,25)15-9-7-12(2)8-10-15/h4-11H,3H2,1-2H3,(H,21,22). The van der Waals surface area contributed by atoms with Crippen LogP contribution in [0.3, 0.4) is 0 Å². The second-order valence-corrected chi connectivity index (χ2v) is 8.63. The zero-order chi connectivity index (χ0) is 19.6. The Morgan fingerprint density at radius 1 is 1.19 bits per heavy atom. The molecule has 3 aromatic rings. The highest BCUT2D eigenvalue weighted by atomic mass is 79.9. The Morgan fingerprint density at radius 2 is 1.89 bits per heavy atom. The van der Waals surface area contributed by atoms with Crippen molar-refractivity contribution in [3.8, 4) is 11.1 Å². The monoisotopic (exact) mass is 448 g/mol. The van der Waals surface area contributed by atoms with Gasteiger partial charge in [-0.05, 0) is 43.7 Å². The molecule has 1 aromatic heterocycles. The predicted molar refractivity (Wildman–Crippen MR) is 104 cm³/mol. The number of H-pyrrole nitrogens is 1. The lowest BCUT2D eigenvalue weighted by molar-refractivity contribution is 0.0520. The van der Waals surface area contributed by atoms with E-state index in [1.165, 1.54) is 12.1 Å². The summed E-state index contributed by atoms with van der Waals surface area (Å²) >= 11 is 3.37. The van der Waals surface area contributed by atoms with Crippen molar-refractivity contribution < 1.29 is 17.9 Å². The van der Waals surface area contributed by atoms with Crippen LogP contribution < -0.4 is 0 Å². The minimum atomic E-state index is -3.92. The minimum Gasteiger partial charge on any atom is -0.461 e.